The molecule has 220 valence electrons. The van der Waals surface area contributed by atoms with Gasteiger partial charge in [-0.05, 0) is 47.1 Å². The molecule has 42 heavy (non-hydrogen) atoms. The third kappa shape index (κ3) is 3.90. The normalized spacial score (nSPS) is 24.4. The topological polar surface area (TPSA) is 120 Å². The lowest BCUT2D eigenvalue weighted by molar-refractivity contribution is -0.396. The van der Waals surface area contributed by atoms with E-state index in [0.29, 0.717) is 34.8 Å². The summed E-state index contributed by atoms with van der Waals surface area (Å²) in [6.07, 6.45) is 4.99. The average Bonchev–Trinajstić information content (AvgIpc) is 3.56. The van der Waals surface area contributed by atoms with E-state index in [0.717, 1.165) is 19.3 Å². The van der Waals surface area contributed by atoms with E-state index >= 15 is 9.18 Å². The number of nitro groups is 1. The molecule has 10 nitrogen and oxygen atoms in total. The number of methoxy groups -OCH3 is 1. The summed E-state index contributed by atoms with van der Waals surface area (Å²) in [5.74, 6) is -3.09. The molecular formula is C29H28Cl2FN5O5. The van der Waals surface area contributed by atoms with Crippen LogP contribution in [0.2, 0.25) is 10.0 Å². The average molecular weight is 616 g/mol. The van der Waals surface area contributed by atoms with Gasteiger partial charge in [0.1, 0.15) is 29.2 Å². The van der Waals surface area contributed by atoms with Gasteiger partial charge in [-0.25, -0.2) is 8.96 Å². The van der Waals surface area contributed by atoms with Gasteiger partial charge in [-0.1, -0.05) is 65.6 Å². The zero-order chi connectivity index (χ0) is 30.0. The molecule has 1 saturated heterocycles. The Morgan fingerprint density at radius 2 is 1.98 bits per heavy atom. The van der Waals surface area contributed by atoms with Gasteiger partial charge in [0.15, 0.2) is 0 Å². The molecule has 0 unspecified atom stereocenters. The number of hydrogen-bond acceptors (Lipinski definition) is 7. The smallest absolute Gasteiger partial charge is 0.434 e. The van der Waals surface area contributed by atoms with E-state index in [9.17, 15) is 14.9 Å². The Morgan fingerprint density at radius 1 is 1.24 bits per heavy atom. The summed E-state index contributed by atoms with van der Waals surface area (Å²) in [5, 5.41) is 15.3. The van der Waals surface area contributed by atoms with E-state index < -0.39 is 39.6 Å². The van der Waals surface area contributed by atoms with Gasteiger partial charge in [0.05, 0.1) is 31.4 Å². The van der Waals surface area contributed by atoms with Crippen LogP contribution in [0.5, 0.6) is 0 Å². The fraction of sp³-hybridized carbons (Fsp3) is 0.414. The van der Waals surface area contributed by atoms with Crippen molar-refractivity contribution in [2.45, 2.75) is 61.6 Å². The number of rotatable bonds is 5. The minimum absolute atomic E-state index is 0.0605. The number of fused-ring (bicyclic) bond motifs is 3. The zero-order valence-electron chi connectivity index (χ0n) is 22.9. The van der Waals surface area contributed by atoms with Crippen molar-refractivity contribution in [2.75, 3.05) is 12.0 Å². The number of ether oxygens (including phenoxy) is 1. The third-order valence-electron chi connectivity index (χ3n) is 9.27. The number of hydrogen-bond donors (Lipinski definition) is 1. The van der Waals surface area contributed by atoms with Gasteiger partial charge >= 0.3 is 11.9 Å². The van der Waals surface area contributed by atoms with E-state index in [2.05, 4.69) is 10.3 Å². The van der Waals surface area contributed by atoms with Gasteiger partial charge in [-0.2, -0.15) is 0 Å². The molecule has 0 radical (unpaired) electrons. The standard InChI is InChI=1S/C29H28Cl2FN5O5/c1-35-17(14-33-27(35)37(40)41)15-36-21-13-16(30)9-10-19(21)29(26(36)39)22(18-7-6-8-20(31)23(18)32)24(25(38)42-2)34-28(29)11-4-3-5-12-28/h6-10,13-14,22,24,34H,3-5,11-12,15H2,1-2H3/t22-,24+,29+/m0/s1. The van der Waals surface area contributed by atoms with Gasteiger partial charge in [-0.15, -0.1) is 0 Å². The number of carbonyl (C=O) groups is 2. The molecule has 2 aliphatic heterocycles. The van der Waals surface area contributed by atoms with Crippen molar-refractivity contribution in [3.05, 3.63) is 85.4 Å². The van der Waals surface area contributed by atoms with Crippen LogP contribution in [0.3, 0.4) is 0 Å². The number of halogens is 3. The molecule has 3 aromatic rings. The lowest BCUT2D eigenvalue weighted by Crippen LogP contribution is -2.61. The molecule has 1 amide bonds. The fourth-order valence-electron chi connectivity index (χ4n) is 7.56. The highest BCUT2D eigenvalue weighted by atomic mass is 35.5. The molecule has 2 spiro atoms. The molecule has 1 aliphatic carbocycles. The predicted octanol–water partition coefficient (Wildman–Crippen LogP) is 5.19. The summed E-state index contributed by atoms with van der Waals surface area (Å²) in [4.78, 5) is 45.0. The van der Waals surface area contributed by atoms with Gasteiger partial charge in [0.2, 0.25) is 5.91 Å². The highest BCUT2D eigenvalue weighted by Gasteiger charge is 2.74. The van der Waals surface area contributed by atoms with Crippen LogP contribution >= 0.6 is 23.2 Å². The van der Waals surface area contributed by atoms with Crippen molar-refractivity contribution < 1.29 is 23.6 Å². The predicted molar refractivity (Wildman–Crippen MR) is 153 cm³/mol. The fourth-order valence-corrected chi connectivity index (χ4v) is 7.91. The first-order valence-electron chi connectivity index (χ1n) is 13.6. The van der Waals surface area contributed by atoms with E-state index in [1.807, 2.05) is 0 Å². The number of nitrogens with one attached hydrogen (secondary N) is 1. The van der Waals surface area contributed by atoms with Gasteiger partial charge < -0.3 is 19.8 Å². The van der Waals surface area contributed by atoms with Gasteiger partial charge in [-0.3, -0.25) is 14.9 Å². The number of aromatic nitrogens is 2. The van der Waals surface area contributed by atoms with Crippen molar-refractivity contribution >= 4 is 46.7 Å². The van der Waals surface area contributed by atoms with E-state index in [1.165, 1.54) is 35.9 Å². The number of esters is 1. The minimum atomic E-state index is -1.46. The number of imidazole rings is 1. The maximum absolute atomic E-state index is 16.0. The first-order valence-corrected chi connectivity index (χ1v) is 14.4. The number of benzene rings is 2. The van der Waals surface area contributed by atoms with Crippen LogP contribution < -0.4 is 10.2 Å². The SMILES string of the molecule is COC(=O)[C@@H]1NC2(CCCCC2)[C@@]2(C(=O)N(Cc3cnc([N+](=O)[O-])n3C)c3cc(Cl)ccc32)[C@H]1c1cccc(Cl)c1F. The Morgan fingerprint density at radius 3 is 2.64 bits per heavy atom. The lowest BCUT2D eigenvalue weighted by Gasteiger charge is -2.47. The summed E-state index contributed by atoms with van der Waals surface area (Å²) in [5.41, 5.74) is -0.768. The number of carbonyl (C=O) groups excluding carboxylic acids is 2. The van der Waals surface area contributed by atoms with E-state index in [4.69, 9.17) is 27.9 Å². The molecule has 1 saturated carbocycles. The monoisotopic (exact) mass is 615 g/mol. The van der Waals surface area contributed by atoms with Crippen molar-refractivity contribution in [1.29, 1.82) is 0 Å². The summed E-state index contributed by atoms with van der Waals surface area (Å²) < 4.78 is 22.5. The van der Waals surface area contributed by atoms with Crippen LogP contribution in [0.25, 0.3) is 0 Å². The second-order valence-corrected chi connectivity index (χ2v) is 12.0. The molecule has 1 N–H and O–H groups in total. The molecule has 13 heteroatoms. The second kappa shape index (κ2) is 10.3. The third-order valence-corrected chi connectivity index (χ3v) is 9.79. The van der Waals surface area contributed by atoms with Crippen LogP contribution in [-0.2, 0) is 33.3 Å². The molecule has 2 aromatic carbocycles. The molecule has 1 aromatic heterocycles. The van der Waals surface area contributed by atoms with Crippen molar-refractivity contribution in [2.24, 2.45) is 7.05 Å². The summed E-state index contributed by atoms with van der Waals surface area (Å²) in [7, 11) is 2.77. The molecule has 3 aliphatic rings. The van der Waals surface area contributed by atoms with E-state index in [-0.39, 0.29) is 29.0 Å². The Balaban J connectivity index is 1.64. The Kier molecular flexibility index (Phi) is 7.02. The first-order chi connectivity index (χ1) is 20.1. The maximum Gasteiger partial charge on any atom is 0.434 e. The van der Waals surface area contributed by atoms with Crippen LogP contribution in [0, 0.1) is 15.9 Å². The summed E-state index contributed by atoms with van der Waals surface area (Å²) in [6, 6.07) is 8.64. The highest BCUT2D eigenvalue weighted by Crippen LogP contribution is 2.64. The maximum atomic E-state index is 16.0. The van der Waals surface area contributed by atoms with E-state index in [1.54, 1.807) is 30.3 Å². The molecule has 3 atom stereocenters. The van der Waals surface area contributed by atoms with Crippen LogP contribution in [0.1, 0.15) is 54.8 Å². The summed E-state index contributed by atoms with van der Waals surface area (Å²) >= 11 is 12.8. The minimum Gasteiger partial charge on any atom is -0.468 e. The van der Waals surface area contributed by atoms with Crippen molar-refractivity contribution in [3.63, 3.8) is 0 Å². The van der Waals surface area contributed by atoms with Crippen LogP contribution in [0.15, 0.2) is 42.6 Å². The van der Waals surface area contributed by atoms with Crippen LogP contribution in [-0.4, -0.2) is 45.0 Å². The molecule has 0 bridgehead atoms. The Labute approximate surface area is 250 Å². The second-order valence-electron chi connectivity index (χ2n) is 11.1. The molecule has 6 rings (SSSR count). The Bertz CT molecular complexity index is 1620. The first kappa shape index (κ1) is 28.6. The molecule has 3 heterocycles. The molecule has 2 fully saturated rings. The van der Waals surface area contributed by atoms with Crippen LogP contribution in [0.4, 0.5) is 16.0 Å². The highest BCUT2D eigenvalue weighted by molar-refractivity contribution is 6.31. The van der Waals surface area contributed by atoms with Crippen molar-refractivity contribution in [1.82, 2.24) is 14.9 Å². The quantitative estimate of drug-likeness (QED) is 0.238. The lowest BCUT2D eigenvalue weighted by atomic mass is 9.55. The summed E-state index contributed by atoms with van der Waals surface area (Å²) in [6.45, 7) is -0.0605. The number of anilines is 1. The van der Waals surface area contributed by atoms with Crippen molar-refractivity contribution in [3.8, 4) is 0 Å². The van der Waals surface area contributed by atoms with Gasteiger partial charge in [0.25, 0.3) is 0 Å². The largest absolute Gasteiger partial charge is 0.468 e. The van der Waals surface area contributed by atoms with Gasteiger partial charge in [0, 0.05) is 16.5 Å². The zero-order valence-corrected chi connectivity index (χ0v) is 24.4. The number of nitrogens with zero attached hydrogens (tertiary/aromatic N) is 4. The Hall–Kier alpha value is -3.54. The molecular weight excluding hydrogens is 588 g/mol. The number of amides is 1.